The number of nitrogen functional groups attached to an aromatic ring is 3. The average Bonchev–Trinajstić information content (AvgIpc) is 3.27. The van der Waals surface area contributed by atoms with Crippen LogP contribution in [0.25, 0.3) is 10.8 Å². The van der Waals surface area contributed by atoms with Gasteiger partial charge in [-0.1, -0.05) is 10.1 Å². The van der Waals surface area contributed by atoms with Crippen molar-refractivity contribution in [1.82, 2.24) is 0 Å². The van der Waals surface area contributed by atoms with E-state index in [0.717, 1.165) is 12.1 Å². The average molecular weight is 1010 g/mol. The first kappa shape index (κ1) is 49.1. The number of hydrogen-bond acceptors (Lipinski definition) is 25. The second-order valence-corrected chi connectivity index (χ2v) is 19.3. The third-order valence-corrected chi connectivity index (χ3v) is 13.6. The number of nitrogens with one attached hydrogen (secondary N) is 1. The second-order valence-electron chi connectivity index (χ2n) is 12.9. The van der Waals surface area contributed by atoms with Crippen molar-refractivity contribution >= 4 is 122 Å². The molecule has 0 bridgehead atoms. The number of fused-ring (bicyclic) bond motifs is 1. The Morgan fingerprint density at radius 2 is 1.23 bits per heavy atom. The molecule has 346 valence electrons. The molecule has 0 radical (unpaired) electrons. The number of hydrogen-bond donors (Lipinski definition) is 8. The maximum atomic E-state index is 13.2. The highest BCUT2D eigenvalue weighted by Gasteiger charge is 2.26. The summed E-state index contributed by atoms with van der Waals surface area (Å²) in [6, 6.07) is 22.7. The van der Waals surface area contributed by atoms with Gasteiger partial charge in [0, 0.05) is 16.8 Å². The summed E-state index contributed by atoms with van der Waals surface area (Å²) in [6.07, 6.45) is 0. The lowest BCUT2D eigenvalue weighted by atomic mass is 10.0. The molecule has 0 aliphatic heterocycles. The molecule has 0 unspecified atom stereocenters. The van der Waals surface area contributed by atoms with E-state index in [4.69, 9.17) is 31.9 Å². The highest BCUT2D eigenvalue weighted by atomic mass is 32.2. The fourth-order valence-corrected chi connectivity index (χ4v) is 9.22. The van der Waals surface area contributed by atoms with E-state index in [1.165, 1.54) is 78.9 Å². The van der Waals surface area contributed by atoms with Crippen molar-refractivity contribution < 1.29 is 68.4 Å². The van der Waals surface area contributed by atoms with E-state index < -0.39 is 57.5 Å². The first-order chi connectivity index (χ1) is 31.4. The van der Waals surface area contributed by atoms with Crippen LogP contribution in [0, 0.1) is 0 Å². The Hall–Kier alpha value is -6.39. The van der Waals surface area contributed by atoms with Gasteiger partial charge in [-0.25, -0.2) is 27.4 Å². The molecule has 0 saturated carbocycles. The molecule has 25 nitrogen and oxygen atoms in total. The number of sulfonamides is 1. The van der Waals surface area contributed by atoms with Crippen LogP contribution in [0.1, 0.15) is 0 Å². The quantitative estimate of drug-likeness (QED) is 0.00673. The summed E-state index contributed by atoms with van der Waals surface area (Å²) in [5, 5.41) is 58.9. The van der Waals surface area contributed by atoms with Crippen molar-refractivity contribution in [2.24, 2.45) is 30.7 Å². The van der Waals surface area contributed by atoms with E-state index in [2.05, 4.69) is 54.2 Å². The Bertz CT molecular complexity index is 3170. The molecule has 0 fully saturated rings. The molecule has 11 N–H and O–H groups in total. The predicted octanol–water partition coefficient (Wildman–Crippen LogP) is 8.79. The number of anilines is 4. The molecule has 0 spiro atoms. The van der Waals surface area contributed by atoms with E-state index in [-0.39, 0.29) is 79.5 Å². The minimum Gasteiger partial charge on any atom is -0.505 e. The minimum absolute atomic E-state index is 0.0585. The number of aromatic hydroxyl groups is 1. The molecule has 0 saturated heterocycles. The molecule has 0 aromatic heterocycles. The maximum Gasteiger partial charge on any atom is 0.295 e. The zero-order chi connectivity index (χ0) is 47.6. The summed E-state index contributed by atoms with van der Waals surface area (Å²) in [6.45, 7) is -0.332. The molecule has 66 heavy (non-hydrogen) atoms. The van der Waals surface area contributed by atoms with Gasteiger partial charge in [0.05, 0.1) is 72.9 Å². The van der Waals surface area contributed by atoms with Gasteiger partial charge in [-0.3, -0.25) is 13.5 Å². The zero-order valence-corrected chi connectivity index (χ0v) is 37.0. The largest absolute Gasteiger partial charge is 0.505 e. The Labute approximate surface area is 382 Å². The topological polar surface area (TPSA) is 394 Å². The Kier molecular flexibility index (Phi) is 15.8. The minimum atomic E-state index is -5.09. The van der Waals surface area contributed by atoms with Crippen molar-refractivity contribution in [2.45, 2.75) is 19.6 Å². The van der Waals surface area contributed by atoms with Gasteiger partial charge < -0.3 is 22.3 Å². The highest BCUT2D eigenvalue weighted by Crippen LogP contribution is 2.50. The number of azo groups is 3. The number of nitrogens with two attached hydrogens (primary N) is 3. The molecule has 6 rings (SSSR count). The van der Waals surface area contributed by atoms with Gasteiger partial charge in [0.15, 0.2) is 27.9 Å². The van der Waals surface area contributed by atoms with E-state index >= 15 is 0 Å². The van der Waals surface area contributed by atoms with Gasteiger partial charge in [-0.15, -0.1) is 24.0 Å². The van der Waals surface area contributed by atoms with Crippen LogP contribution in [-0.4, -0.2) is 57.8 Å². The molecule has 6 aromatic rings. The SMILES string of the molecule is Nc1ccc(N=Nc2ccc(NS(=O)(=O)c3ccc(N=Nc4cc(S(=O)(=O)O)c5cc(SOOO)c(N=Nc6ccc(S(=O)(=O)CCOSOOO)cc6)c(O)c5c4N)cc3)cc2)c(N)c1. The first-order valence-electron chi connectivity index (χ1n) is 17.9. The predicted molar refractivity (Wildman–Crippen MR) is 239 cm³/mol. The van der Waals surface area contributed by atoms with Crippen molar-refractivity contribution in [3.8, 4) is 5.75 Å². The van der Waals surface area contributed by atoms with Gasteiger partial charge >= 0.3 is 0 Å². The van der Waals surface area contributed by atoms with E-state index in [1.807, 2.05) is 0 Å². The van der Waals surface area contributed by atoms with Crippen molar-refractivity contribution in [3.63, 3.8) is 0 Å². The summed E-state index contributed by atoms with van der Waals surface area (Å²) < 4.78 is 103. The molecule has 0 heterocycles. The summed E-state index contributed by atoms with van der Waals surface area (Å²) in [4.78, 5) is -1.33. The molecule has 30 heteroatoms. The van der Waals surface area contributed by atoms with Crippen LogP contribution < -0.4 is 21.9 Å². The molecular weight excluding hydrogens is 973 g/mol. The third kappa shape index (κ3) is 12.3. The monoisotopic (exact) mass is 1000 g/mol. The van der Waals surface area contributed by atoms with Gasteiger partial charge in [0.25, 0.3) is 20.1 Å². The van der Waals surface area contributed by atoms with Crippen LogP contribution in [0.2, 0.25) is 0 Å². The van der Waals surface area contributed by atoms with Crippen molar-refractivity contribution in [1.29, 1.82) is 0 Å². The van der Waals surface area contributed by atoms with Crippen LogP contribution in [-0.2, 0) is 52.9 Å². The third-order valence-electron chi connectivity index (χ3n) is 8.62. The maximum absolute atomic E-state index is 13.2. The Morgan fingerprint density at radius 3 is 1.82 bits per heavy atom. The Morgan fingerprint density at radius 1 is 0.652 bits per heavy atom. The molecular formula is C36H32N10O15S5. The van der Waals surface area contributed by atoms with Gasteiger partial charge in [-0.05, 0) is 103 Å². The highest BCUT2D eigenvalue weighted by molar-refractivity contribution is 7.94. The summed E-state index contributed by atoms with van der Waals surface area (Å²) in [5.41, 5.74) is 18.8. The van der Waals surface area contributed by atoms with E-state index in [9.17, 15) is 34.9 Å². The van der Waals surface area contributed by atoms with Gasteiger partial charge in [0.1, 0.15) is 22.0 Å². The fraction of sp³-hybridized carbons (Fsp3) is 0.0556. The van der Waals surface area contributed by atoms with Crippen molar-refractivity contribution in [3.05, 3.63) is 103 Å². The van der Waals surface area contributed by atoms with Crippen LogP contribution >= 0.6 is 24.4 Å². The zero-order valence-electron chi connectivity index (χ0n) is 33.0. The number of benzene rings is 6. The van der Waals surface area contributed by atoms with E-state index in [1.54, 1.807) is 12.1 Å². The Balaban J connectivity index is 1.24. The summed E-state index contributed by atoms with van der Waals surface area (Å²) in [7, 11) is -13.1. The fourth-order valence-electron chi connectivity index (χ4n) is 5.56. The lowest BCUT2D eigenvalue weighted by Crippen LogP contribution is -2.12. The number of sulfone groups is 1. The molecule has 0 amide bonds. The lowest BCUT2D eigenvalue weighted by Gasteiger charge is -2.14. The standard InChI is InChI=1S/C36H32N10O15S5/c37-20-1-14-29(28(38)17-20)43-40-21-2-4-24(5-3-21)46-65(52,53)26-12-8-22(9-13-26)41-44-30-19-32(66(54,55)56)27-18-31(62-60-58-48)35(36(47)33(27)34(30)39)45-42-23-6-10-25(11-7-23)64(50,51)16-15-57-63-61-59-49/h1-14,17-19,46-49H,15-16,37-39H2,(H,54,55,56). The van der Waals surface area contributed by atoms with Crippen LogP contribution in [0.15, 0.2) is 153 Å². The normalized spacial score (nSPS) is 12.5. The summed E-state index contributed by atoms with van der Waals surface area (Å²) >= 11 is 0.450. The number of rotatable bonds is 20. The smallest absolute Gasteiger partial charge is 0.295 e. The number of phenols is 1. The molecule has 0 aliphatic rings. The molecule has 6 aromatic carbocycles. The van der Waals surface area contributed by atoms with Crippen LogP contribution in [0.4, 0.5) is 56.9 Å². The van der Waals surface area contributed by atoms with Gasteiger partial charge in [0.2, 0.25) is 0 Å². The van der Waals surface area contributed by atoms with Crippen LogP contribution in [0.3, 0.4) is 0 Å². The molecule has 0 atom stereocenters. The second kappa shape index (κ2) is 21.3. The molecule has 0 aliphatic carbocycles. The van der Waals surface area contributed by atoms with Gasteiger partial charge in [-0.2, -0.15) is 23.8 Å². The lowest BCUT2D eigenvalue weighted by molar-refractivity contribution is -0.434. The van der Waals surface area contributed by atoms with Crippen LogP contribution in [0.5, 0.6) is 5.75 Å². The number of nitrogens with zero attached hydrogens (tertiary/aromatic N) is 6. The van der Waals surface area contributed by atoms with Crippen molar-refractivity contribution in [2.75, 3.05) is 34.3 Å². The first-order valence-corrected chi connectivity index (χ1v) is 23.9. The number of phenolic OH excluding ortho intramolecular Hbond substituents is 1. The summed E-state index contributed by atoms with van der Waals surface area (Å²) in [5.74, 6) is -1.30. The van der Waals surface area contributed by atoms with E-state index in [0.29, 0.717) is 22.7 Å².